The van der Waals surface area contributed by atoms with Crippen molar-refractivity contribution >= 4 is 0 Å². The molecule has 88 valence electrons. The summed E-state index contributed by atoms with van der Waals surface area (Å²) in [6.07, 6.45) is 4.91. The summed E-state index contributed by atoms with van der Waals surface area (Å²) in [7, 11) is 3.80. The van der Waals surface area contributed by atoms with E-state index in [0.29, 0.717) is 11.9 Å². The molecular weight excluding hydrogens is 202 g/mol. The van der Waals surface area contributed by atoms with E-state index in [9.17, 15) is 0 Å². The van der Waals surface area contributed by atoms with Gasteiger partial charge in [-0.05, 0) is 32.5 Å². The minimum absolute atomic E-state index is 0.584. The topological polar surface area (TPSA) is 38.2 Å². The molecule has 1 fully saturated rings. The average molecular weight is 221 g/mol. The first-order valence-corrected chi connectivity index (χ1v) is 5.86. The summed E-state index contributed by atoms with van der Waals surface area (Å²) in [5.41, 5.74) is 1.06. The highest BCUT2D eigenvalue weighted by atomic mass is 16.5. The van der Waals surface area contributed by atoms with Crippen molar-refractivity contribution in [2.45, 2.75) is 31.7 Å². The number of hydrogen-bond acceptors (Lipinski definition) is 4. The monoisotopic (exact) mass is 221 g/mol. The van der Waals surface area contributed by atoms with Crippen LogP contribution in [0.15, 0.2) is 12.1 Å². The second kappa shape index (κ2) is 5.25. The van der Waals surface area contributed by atoms with Gasteiger partial charge < -0.3 is 9.64 Å². The van der Waals surface area contributed by atoms with Crippen molar-refractivity contribution in [2.24, 2.45) is 0 Å². The number of methoxy groups -OCH3 is 1. The summed E-state index contributed by atoms with van der Waals surface area (Å²) in [6.45, 7) is 1.20. The minimum Gasteiger partial charge on any atom is -0.480 e. The van der Waals surface area contributed by atoms with Gasteiger partial charge in [0, 0.05) is 18.5 Å². The molecule has 0 radical (unpaired) electrons. The van der Waals surface area contributed by atoms with Crippen LogP contribution in [0.3, 0.4) is 0 Å². The number of hydrogen-bond donors (Lipinski definition) is 0. The van der Waals surface area contributed by atoms with Gasteiger partial charge in [-0.3, -0.25) is 0 Å². The maximum Gasteiger partial charge on any atom is 0.233 e. The molecule has 0 aliphatic carbocycles. The average Bonchev–Trinajstić information content (AvgIpc) is 2.33. The van der Waals surface area contributed by atoms with Crippen LogP contribution in [-0.2, 0) is 6.42 Å². The highest BCUT2D eigenvalue weighted by Gasteiger charge is 2.19. The number of likely N-dealkylation sites (tertiary alicyclic amines) is 1. The summed E-state index contributed by atoms with van der Waals surface area (Å²) in [5, 5.41) is 8.17. The maximum atomic E-state index is 5.00. The Morgan fingerprint density at radius 1 is 1.38 bits per heavy atom. The van der Waals surface area contributed by atoms with E-state index in [1.165, 1.54) is 25.8 Å². The number of rotatable bonds is 3. The van der Waals surface area contributed by atoms with Crippen LogP contribution in [0.5, 0.6) is 5.88 Å². The molecule has 1 aliphatic heterocycles. The lowest BCUT2D eigenvalue weighted by Crippen LogP contribution is -2.37. The lowest BCUT2D eigenvalue weighted by molar-refractivity contribution is 0.183. The van der Waals surface area contributed by atoms with Gasteiger partial charge >= 0.3 is 0 Å². The first-order chi connectivity index (χ1) is 7.79. The zero-order valence-corrected chi connectivity index (χ0v) is 10.0. The first kappa shape index (κ1) is 11.3. The first-order valence-electron chi connectivity index (χ1n) is 5.86. The molecule has 1 atom stereocenters. The molecular formula is C12H19N3O. The number of piperidine rings is 1. The molecule has 0 N–H and O–H groups in total. The molecule has 1 aromatic heterocycles. The summed E-state index contributed by atoms with van der Waals surface area (Å²) in [4.78, 5) is 2.43. The number of nitrogens with zero attached hydrogens (tertiary/aromatic N) is 3. The molecule has 2 rings (SSSR count). The highest BCUT2D eigenvalue weighted by Crippen LogP contribution is 2.18. The zero-order chi connectivity index (χ0) is 11.4. The second-order valence-electron chi connectivity index (χ2n) is 4.40. The van der Waals surface area contributed by atoms with Gasteiger partial charge in [0.25, 0.3) is 0 Å². The van der Waals surface area contributed by atoms with Crippen molar-refractivity contribution in [1.82, 2.24) is 15.1 Å². The molecule has 4 heteroatoms. The van der Waals surface area contributed by atoms with Crippen LogP contribution in [0.1, 0.15) is 25.0 Å². The van der Waals surface area contributed by atoms with Crippen molar-refractivity contribution < 1.29 is 4.74 Å². The number of ether oxygens (including phenoxy) is 1. The van der Waals surface area contributed by atoms with E-state index < -0.39 is 0 Å². The fourth-order valence-electron chi connectivity index (χ4n) is 2.21. The fraction of sp³-hybridized carbons (Fsp3) is 0.667. The normalized spacial score (nSPS) is 22.0. The smallest absolute Gasteiger partial charge is 0.233 e. The largest absolute Gasteiger partial charge is 0.480 e. The molecule has 2 heterocycles. The van der Waals surface area contributed by atoms with Gasteiger partial charge in [0.2, 0.25) is 5.88 Å². The van der Waals surface area contributed by atoms with Gasteiger partial charge in [0.1, 0.15) is 0 Å². The molecule has 0 aromatic carbocycles. The van der Waals surface area contributed by atoms with E-state index in [0.717, 1.165) is 12.1 Å². The van der Waals surface area contributed by atoms with Crippen molar-refractivity contribution in [3.63, 3.8) is 0 Å². The molecule has 0 bridgehead atoms. The highest BCUT2D eigenvalue weighted by molar-refractivity contribution is 5.12. The van der Waals surface area contributed by atoms with Crippen LogP contribution < -0.4 is 4.74 Å². The van der Waals surface area contributed by atoms with Crippen molar-refractivity contribution in [2.75, 3.05) is 20.7 Å². The Labute approximate surface area is 96.6 Å². The van der Waals surface area contributed by atoms with E-state index >= 15 is 0 Å². The maximum absolute atomic E-state index is 5.00. The predicted molar refractivity (Wildman–Crippen MR) is 62.6 cm³/mol. The molecule has 16 heavy (non-hydrogen) atoms. The summed E-state index contributed by atoms with van der Waals surface area (Å²) in [5.74, 6) is 0.584. The Morgan fingerprint density at radius 3 is 2.88 bits per heavy atom. The van der Waals surface area contributed by atoms with Gasteiger partial charge in [0.05, 0.1) is 12.8 Å². The third kappa shape index (κ3) is 2.70. The summed E-state index contributed by atoms with van der Waals surface area (Å²) >= 11 is 0. The third-order valence-corrected chi connectivity index (χ3v) is 3.27. The Kier molecular flexibility index (Phi) is 3.72. The molecule has 1 aromatic rings. The van der Waals surface area contributed by atoms with E-state index in [2.05, 4.69) is 22.1 Å². The van der Waals surface area contributed by atoms with Gasteiger partial charge in [-0.25, -0.2) is 0 Å². The third-order valence-electron chi connectivity index (χ3n) is 3.27. The van der Waals surface area contributed by atoms with Crippen molar-refractivity contribution in [3.8, 4) is 5.88 Å². The Hall–Kier alpha value is -1.16. The van der Waals surface area contributed by atoms with Gasteiger partial charge in [-0.1, -0.05) is 6.42 Å². The second-order valence-corrected chi connectivity index (χ2v) is 4.40. The SMILES string of the molecule is COc1ccc(CC2CCCCN2C)nn1. The van der Waals surface area contributed by atoms with Gasteiger partial charge in [-0.2, -0.15) is 5.10 Å². The minimum atomic E-state index is 0.584. The molecule has 1 unspecified atom stereocenters. The Balaban J connectivity index is 1.96. The molecule has 1 saturated heterocycles. The standard InChI is InChI=1S/C12H19N3O/c1-15-8-4-3-5-11(15)9-10-6-7-12(16-2)14-13-10/h6-7,11H,3-5,8-9H2,1-2H3. The Bertz CT molecular complexity index is 326. The van der Waals surface area contributed by atoms with Gasteiger partial charge in [-0.15, -0.1) is 5.10 Å². The van der Waals surface area contributed by atoms with Gasteiger partial charge in [0.15, 0.2) is 0 Å². The van der Waals surface area contributed by atoms with Crippen LogP contribution in [0.4, 0.5) is 0 Å². The van der Waals surface area contributed by atoms with E-state index in [1.807, 2.05) is 12.1 Å². The molecule has 4 nitrogen and oxygen atoms in total. The predicted octanol–water partition coefficient (Wildman–Crippen LogP) is 1.51. The van der Waals surface area contributed by atoms with Crippen LogP contribution >= 0.6 is 0 Å². The number of aromatic nitrogens is 2. The summed E-state index contributed by atoms with van der Waals surface area (Å²) in [6, 6.07) is 4.51. The van der Waals surface area contributed by atoms with Crippen molar-refractivity contribution in [3.05, 3.63) is 17.8 Å². The molecule has 0 spiro atoms. The van der Waals surface area contributed by atoms with E-state index in [-0.39, 0.29) is 0 Å². The van der Waals surface area contributed by atoms with Crippen LogP contribution in [0.25, 0.3) is 0 Å². The molecule has 0 saturated carbocycles. The lowest BCUT2D eigenvalue weighted by Gasteiger charge is -2.32. The zero-order valence-electron chi connectivity index (χ0n) is 10.0. The van der Waals surface area contributed by atoms with Crippen molar-refractivity contribution in [1.29, 1.82) is 0 Å². The van der Waals surface area contributed by atoms with Crippen LogP contribution in [0.2, 0.25) is 0 Å². The van der Waals surface area contributed by atoms with Crippen LogP contribution in [0, 0.1) is 0 Å². The lowest BCUT2D eigenvalue weighted by atomic mass is 9.99. The quantitative estimate of drug-likeness (QED) is 0.775. The van der Waals surface area contributed by atoms with E-state index in [4.69, 9.17) is 4.74 Å². The molecule has 1 aliphatic rings. The van der Waals surface area contributed by atoms with Crippen LogP contribution in [-0.4, -0.2) is 41.8 Å². The van der Waals surface area contributed by atoms with E-state index in [1.54, 1.807) is 7.11 Å². The number of likely N-dealkylation sites (N-methyl/N-ethyl adjacent to an activating group) is 1. The summed E-state index contributed by atoms with van der Waals surface area (Å²) < 4.78 is 5.00. The molecule has 0 amide bonds. The Morgan fingerprint density at radius 2 is 2.25 bits per heavy atom. The fourth-order valence-corrected chi connectivity index (χ4v) is 2.21.